The van der Waals surface area contributed by atoms with Crippen molar-refractivity contribution in [1.82, 2.24) is 30.0 Å². The summed E-state index contributed by atoms with van der Waals surface area (Å²) in [4.78, 5) is 25.6. The van der Waals surface area contributed by atoms with Gasteiger partial charge in [0.05, 0.1) is 30.7 Å². The van der Waals surface area contributed by atoms with Crippen LogP contribution in [0.3, 0.4) is 0 Å². The SMILES string of the molecule is CCc1nnc(CN2CCC[C@]3(CCC(=O)N(Cc4cnc(C)cn4)C3)C2)o1. The molecule has 0 aliphatic carbocycles. The molecule has 150 valence electrons. The zero-order valence-electron chi connectivity index (χ0n) is 16.7. The number of amides is 1. The average Bonchev–Trinajstić information content (AvgIpc) is 3.14. The molecule has 4 heterocycles. The molecule has 28 heavy (non-hydrogen) atoms. The largest absolute Gasteiger partial charge is 0.424 e. The van der Waals surface area contributed by atoms with E-state index in [2.05, 4.69) is 25.1 Å². The van der Waals surface area contributed by atoms with Crippen molar-refractivity contribution in [3.8, 4) is 0 Å². The summed E-state index contributed by atoms with van der Waals surface area (Å²) in [5.74, 6) is 1.59. The highest BCUT2D eigenvalue weighted by atomic mass is 16.4. The van der Waals surface area contributed by atoms with Gasteiger partial charge in [-0.3, -0.25) is 19.7 Å². The molecule has 0 unspecified atom stereocenters. The molecule has 0 bridgehead atoms. The van der Waals surface area contributed by atoms with E-state index in [0.717, 1.165) is 56.7 Å². The number of hydrogen-bond acceptors (Lipinski definition) is 7. The Morgan fingerprint density at radius 1 is 1.11 bits per heavy atom. The van der Waals surface area contributed by atoms with Crippen LogP contribution in [0.2, 0.25) is 0 Å². The van der Waals surface area contributed by atoms with Crippen molar-refractivity contribution in [2.45, 2.75) is 59.0 Å². The van der Waals surface area contributed by atoms with Gasteiger partial charge in [0.1, 0.15) is 0 Å². The highest BCUT2D eigenvalue weighted by Crippen LogP contribution is 2.39. The van der Waals surface area contributed by atoms with Crippen molar-refractivity contribution < 1.29 is 9.21 Å². The first-order chi connectivity index (χ1) is 13.5. The third kappa shape index (κ3) is 4.22. The van der Waals surface area contributed by atoms with E-state index in [1.807, 2.05) is 18.7 Å². The summed E-state index contributed by atoms with van der Waals surface area (Å²) in [6.45, 7) is 7.93. The Hall–Kier alpha value is -2.35. The minimum absolute atomic E-state index is 0.137. The maximum absolute atomic E-state index is 12.5. The second-order valence-electron chi connectivity index (χ2n) is 8.16. The summed E-state index contributed by atoms with van der Waals surface area (Å²) in [7, 11) is 0. The first-order valence-corrected chi connectivity index (χ1v) is 10.1. The number of aryl methyl sites for hydroxylation is 2. The molecule has 2 aliphatic heterocycles. The third-order valence-electron chi connectivity index (χ3n) is 5.85. The van der Waals surface area contributed by atoms with Gasteiger partial charge >= 0.3 is 0 Å². The lowest BCUT2D eigenvalue weighted by atomic mass is 9.73. The number of aromatic nitrogens is 4. The third-order valence-corrected chi connectivity index (χ3v) is 5.85. The van der Waals surface area contributed by atoms with E-state index in [4.69, 9.17) is 4.42 Å². The number of rotatable bonds is 5. The average molecular weight is 384 g/mol. The smallest absolute Gasteiger partial charge is 0.230 e. The lowest BCUT2D eigenvalue weighted by Gasteiger charge is -2.48. The number of carbonyl (C=O) groups excluding carboxylic acids is 1. The Bertz CT molecular complexity index is 820. The highest BCUT2D eigenvalue weighted by Gasteiger charge is 2.42. The van der Waals surface area contributed by atoms with Gasteiger partial charge in [0.2, 0.25) is 17.7 Å². The van der Waals surface area contributed by atoms with Crippen LogP contribution in [0.25, 0.3) is 0 Å². The van der Waals surface area contributed by atoms with Gasteiger partial charge < -0.3 is 9.32 Å². The van der Waals surface area contributed by atoms with Crippen molar-refractivity contribution in [1.29, 1.82) is 0 Å². The minimum atomic E-state index is 0.137. The molecule has 2 aromatic rings. The van der Waals surface area contributed by atoms with Crippen LogP contribution in [0.1, 0.15) is 55.8 Å². The van der Waals surface area contributed by atoms with Crippen molar-refractivity contribution in [3.05, 3.63) is 35.6 Å². The van der Waals surface area contributed by atoms with Crippen LogP contribution in [0.4, 0.5) is 0 Å². The number of hydrogen-bond donors (Lipinski definition) is 0. The van der Waals surface area contributed by atoms with Crippen molar-refractivity contribution in [2.75, 3.05) is 19.6 Å². The molecule has 2 aromatic heterocycles. The second-order valence-corrected chi connectivity index (χ2v) is 8.16. The van der Waals surface area contributed by atoms with E-state index in [1.54, 1.807) is 12.4 Å². The number of nitrogens with zero attached hydrogens (tertiary/aromatic N) is 6. The lowest BCUT2D eigenvalue weighted by molar-refractivity contribution is -0.140. The molecule has 2 aliphatic rings. The standard InChI is InChI=1S/C20H28N6O2/c1-3-17-23-24-18(28-17)12-25-8-4-6-20(13-25)7-5-19(27)26(14-20)11-16-10-21-15(2)9-22-16/h9-10H,3-8,11-14H2,1-2H3/t20-/m0/s1. The van der Waals surface area contributed by atoms with E-state index < -0.39 is 0 Å². The van der Waals surface area contributed by atoms with Gasteiger partial charge in [-0.15, -0.1) is 10.2 Å². The van der Waals surface area contributed by atoms with Crippen LogP contribution in [0.15, 0.2) is 16.8 Å². The molecule has 1 spiro atoms. The highest BCUT2D eigenvalue weighted by molar-refractivity contribution is 5.77. The molecule has 1 atom stereocenters. The van der Waals surface area contributed by atoms with E-state index in [1.165, 1.54) is 0 Å². The Labute approximate surface area is 165 Å². The molecule has 0 saturated carbocycles. The Kier molecular flexibility index (Phi) is 5.39. The molecule has 0 aromatic carbocycles. The normalized spacial score (nSPS) is 23.5. The van der Waals surface area contributed by atoms with Gasteiger partial charge in [-0.25, -0.2) is 0 Å². The van der Waals surface area contributed by atoms with Crippen molar-refractivity contribution in [3.63, 3.8) is 0 Å². The van der Waals surface area contributed by atoms with Gasteiger partial charge in [0.15, 0.2) is 0 Å². The van der Waals surface area contributed by atoms with Gasteiger partial charge in [0, 0.05) is 37.5 Å². The molecule has 0 radical (unpaired) electrons. The fourth-order valence-electron chi connectivity index (χ4n) is 4.41. The van der Waals surface area contributed by atoms with Gasteiger partial charge in [-0.1, -0.05) is 6.92 Å². The fraction of sp³-hybridized carbons (Fsp3) is 0.650. The number of piperidine rings is 2. The molecule has 4 rings (SSSR count). The summed E-state index contributed by atoms with van der Waals surface area (Å²) in [6.07, 6.45) is 8.12. The molecule has 1 amide bonds. The number of carbonyl (C=O) groups is 1. The van der Waals surface area contributed by atoms with Crippen LogP contribution >= 0.6 is 0 Å². The molecule has 8 heteroatoms. The zero-order chi connectivity index (χ0) is 19.6. The first kappa shape index (κ1) is 19.0. The maximum atomic E-state index is 12.5. The lowest BCUT2D eigenvalue weighted by Crippen LogP contribution is -2.53. The van der Waals surface area contributed by atoms with Crippen LogP contribution < -0.4 is 0 Å². The molecule has 2 fully saturated rings. The Morgan fingerprint density at radius 2 is 1.96 bits per heavy atom. The topological polar surface area (TPSA) is 88.3 Å². The summed E-state index contributed by atoms with van der Waals surface area (Å²) in [6, 6.07) is 0. The fourth-order valence-corrected chi connectivity index (χ4v) is 4.41. The Balaban J connectivity index is 1.42. The van der Waals surface area contributed by atoms with E-state index >= 15 is 0 Å². The van der Waals surface area contributed by atoms with E-state index in [0.29, 0.717) is 31.3 Å². The quantitative estimate of drug-likeness (QED) is 0.780. The minimum Gasteiger partial charge on any atom is -0.424 e. The van der Waals surface area contributed by atoms with Crippen LogP contribution in [0, 0.1) is 12.3 Å². The van der Waals surface area contributed by atoms with Gasteiger partial charge in [0.25, 0.3) is 0 Å². The van der Waals surface area contributed by atoms with Crippen molar-refractivity contribution in [2.24, 2.45) is 5.41 Å². The number of likely N-dealkylation sites (tertiary alicyclic amines) is 2. The molecule has 2 saturated heterocycles. The van der Waals surface area contributed by atoms with Gasteiger partial charge in [-0.05, 0) is 32.7 Å². The summed E-state index contributed by atoms with van der Waals surface area (Å²) in [5.41, 5.74) is 1.87. The van der Waals surface area contributed by atoms with E-state index in [-0.39, 0.29) is 11.3 Å². The summed E-state index contributed by atoms with van der Waals surface area (Å²) in [5, 5.41) is 8.24. The predicted octanol–water partition coefficient (Wildman–Crippen LogP) is 2.14. The van der Waals surface area contributed by atoms with E-state index in [9.17, 15) is 4.79 Å². The molecule has 0 N–H and O–H groups in total. The van der Waals surface area contributed by atoms with Crippen LogP contribution in [-0.2, 0) is 24.3 Å². The predicted molar refractivity (Wildman–Crippen MR) is 102 cm³/mol. The first-order valence-electron chi connectivity index (χ1n) is 10.1. The monoisotopic (exact) mass is 384 g/mol. The van der Waals surface area contributed by atoms with Crippen LogP contribution in [-0.4, -0.2) is 55.5 Å². The molecular formula is C20H28N6O2. The summed E-state index contributed by atoms with van der Waals surface area (Å²) < 4.78 is 5.69. The maximum Gasteiger partial charge on any atom is 0.230 e. The second kappa shape index (κ2) is 7.95. The Morgan fingerprint density at radius 3 is 2.71 bits per heavy atom. The zero-order valence-corrected chi connectivity index (χ0v) is 16.7. The van der Waals surface area contributed by atoms with Crippen molar-refractivity contribution >= 4 is 5.91 Å². The summed E-state index contributed by atoms with van der Waals surface area (Å²) >= 11 is 0. The molecular weight excluding hydrogens is 356 g/mol. The molecule has 8 nitrogen and oxygen atoms in total. The van der Waals surface area contributed by atoms with Gasteiger partial charge in [-0.2, -0.15) is 0 Å². The van der Waals surface area contributed by atoms with Crippen LogP contribution in [0.5, 0.6) is 0 Å².